The van der Waals surface area contributed by atoms with Crippen LogP contribution in [0.4, 0.5) is 5.69 Å². The van der Waals surface area contributed by atoms with E-state index < -0.39 is 5.97 Å². The van der Waals surface area contributed by atoms with Crippen molar-refractivity contribution in [1.82, 2.24) is 20.2 Å². The number of nitrogens with zero attached hydrogens (tertiary/aromatic N) is 4. The molecule has 1 amide bonds. The molecule has 1 aromatic heterocycles. The normalized spacial score (nSPS) is 10.8. The highest BCUT2D eigenvalue weighted by molar-refractivity contribution is 7.99. The molecule has 0 aliphatic rings. The number of rotatable bonds is 7. The van der Waals surface area contributed by atoms with Crippen molar-refractivity contribution in [1.29, 1.82) is 0 Å². The molecule has 0 atom stereocenters. The lowest BCUT2D eigenvalue weighted by Gasteiger charge is -2.09. The number of esters is 1. The quantitative estimate of drug-likeness (QED) is 0.450. The summed E-state index contributed by atoms with van der Waals surface area (Å²) in [7, 11) is 0. The van der Waals surface area contributed by atoms with Gasteiger partial charge in [0.2, 0.25) is 11.1 Å². The Bertz CT molecular complexity index is 1010. The summed E-state index contributed by atoms with van der Waals surface area (Å²) < 4.78 is 6.65. The summed E-state index contributed by atoms with van der Waals surface area (Å²) in [6.45, 7) is 3.57. The van der Waals surface area contributed by atoms with Crippen molar-refractivity contribution in [2.45, 2.75) is 25.1 Å². The van der Waals surface area contributed by atoms with Gasteiger partial charge < -0.3 is 10.1 Å². The maximum Gasteiger partial charge on any atom is 0.338 e. The number of anilines is 1. The lowest BCUT2D eigenvalue weighted by molar-refractivity contribution is -0.113. The molecule has 8 nitrogen and oxygen atoms in total. The number of aromatic nitrogens is 4. The molecule has 0 bridgehead atoms. The van der Waals surface area contributed by atoms with Gasteiger partial charge in [0.1, 0.15) is 0 Å². The van der Waals surface area contributed by atoms with Crippen LogP contribution in [-0.4, -0.2) is 43.9 Å². The van der Waals surface area contributed by atoms with Crippen LogP contribution in [0.1, 0.15) is 24.2 Å². The van der Waals surface area contributed by atoms with Crippen LogP contribution in [0.5, 0.6) is 0 Å². The van der Waals surface area contributed by atoms with Crippen molar-refractivity contribution < 1.29 is 14.3 Å². The first-order valence-corrected chi connectivity index (χ1v) is 10.1. The van der Waals surface area contributed by atoms with E-state index >= 15 is 0 Å². The molecule has 1 heterocycles. The molecule has 0 spiro atoms. The third-order valence-electron chi connectivity index (χ3n) is 3.57. The van der Waals surface area contributed by atoms with E-state index in [1.807, 2.05) is 6.07 Å². The Hall–Kier alpha value is -2.91. The first-order chi connectivity index (χ1) is 13.9. The minimum absolute atomic E-state index is 0.109. The number of carbonyl (C=O) groups is 2. The zero-order valence-electron chi connectivity index (χ0n) is 15.7. The van der Waals surface area contributed by atoms with Gasteiger partial charge in [0.05, 0.1) is 23.1 Å². The Labute approximate surface area is 176 Å². The maximum absolute atomic E-state index is 12.3. The summed E-state index contributed by atoms with van der Waals surface area (Å²) in [4.78, 5) is 24.1. The minimum atomic E-state index is -0.402. The number of amides is 1. The predicted molar refractivity (Wildman–Crippen MR) is 111 cm³/mol. The summed E-state index contributed by atoms with van der Waals surface area (Å²) in [5.74, 6) is -0.521. The standard InChI is InChI=1S/C19H18ClN5O3S/c1-12(2)28-18(27)13-6-8-15(9-7-13)21-17(26)11-29-19-22-23-24-25(19)16-5-3-4-14(20)10-16/h3-10,12H,11H2,1-2H3,(H,21,26). The van der Waals surface area contributed by atoms with Gasteiger partial charge in [-0.25, -0.2) is 4.79 Å². The van der Waals surface area contributed by atoms with Crippen LogP contribution in [0.2, 0.25) is 5.02 Å². The molecule has 1 N–H and O–H groups in total. The van der Waals surface area contributed by atoms with E-state index in [0.717, 1.165) is 0 Å². The highest BCUT2D eigenvalue weighted by Crippen LogP contribution is 2.21. The average molecular weight is 432 g/mol. The number of hydrogen-bond donors (Lipinski definition) is 1. The molecule has 2 aromatic carbocycles. The van der Waals surface area contributed by atoms with Crippen LogP contribution in [0.25, 0.3) is 5.69 Å². The number of nitrogens with one attached hydrogen (secondary N) is 1. The predicted octanol–water partition coefficient (Wildman–Crippen LogP) is 3.61. The zero-order valence-corrected chi connectivity index (χ0v) is 17.3. The van der Waals surface area contributed by atoms with E-state index in [9.17, 15) is 9.59 Å². The van der Waals surface area contributed by atoms with Crippen molar-refractivity contribution in [3.63, 3.8) is 0 Å². The summed E-state index contributed by atoms with van der Waals surface area (Å²) in [6.07, 6.45) is -0.192. The van der Waals surface area contributed by atoms with Crippen molar-refractivity contribution in [3.8, 4) is 5.69 Å². The Morgan fingerprint density at radius 2 is 1.97 bits per heavy atom. The summed E-state index contributed by atoms with van der Waals surface area (Å²) in [5, 5.41) is 15.3. The smallest absolute Gasteiger partial charge is 0.338 e. The van der Waals surface area contributed by atoms with Gasteiger partial charge in [0.15, 0.2) is 0 Å². The number of thioether (sulfide) groups is 1. The number of benzene rings is 2. The third-order valence-corrected chi connectivity index (χ3v) is 4.73. The van der Waals surface area contributed by atoms with Crippen molar-refractivity contribution >= 4 is 40.9 Å². The van der Waals surface area contributed by atoms with E-state index in [-0.39, 0.29) is 17.8 Å². The fourth-order valence-electron chi connectivity index (χ4n) is 2.34. The fourth-order valence-corrected chi connectivity index (χ4v) is 3.21. The second-order valence-corrected chi connectivity index (χ2v) is 7.60. The molecule has 0 saturated carbocycles. The molecule has 0 saturated heterocycles. The van der Waals surface area contributed by atoms with Crippen LogP contribution < -0.4 is 5.32 Å². The monoisotopic (exact) mass is 431 g/mol. The molecular formula is C19H18ClN5O3S. The van der Waals surface area contributed by atoms with Gasteiger partial charge >= 0.3 is 5.97 Å². The van der Waals surface area contributed by atoms with Crippen LogP contribution in [0.15, 0.2) is 53.7 Å². The van der Waals surface area contributed by atoms with E-state index in [0.29, 0.717) is 27.1 Å². The number of tetrazole rings is 1. The van der Waals surface area contributed by atoms with Crippen molar-refractivity contribution in [2.24, 2.45) is 0 Å². The molecule has 0 fully saturated rings. The van der Waals surface area contributed by atoms with E-state index in [2.05, 4.69) is 20.8 Å². The van der Waals surface area contributed by atoms with Gasteiger partial charge in [-0.3, -0.25) is 4.79 Å². The second kappa shape index (κ2) is 9.53. The Balaban J connectivity index is 1.57. The lowest BCUT2D eigenvalue weighted by atomic mass is 10.2. The van der Waals surface area contributed by atoms with Crippen LogP contribution in [-0.2, 0) is 9.53 Å². The zero-order chi connectivity index (χ0) is 20.8. The van der Waals surface area contributed by atoms with Gasteiger partial charge in [-0.1, -0.05) is 29.4 Å². The first-order valence-electron chi connectivity index (χ1n) is 8.70. The van der Waals surface area contributed by atoms with E-state index in [1.54, 1.807) is 56.3 Å². The highest BCUT2D eigenvalue weighted by Gasteiger charge is 2.13. The molecule has 0 radical (unpaired) electrons. The lowest BCUT2D eigenvalue weighted by Crippen LogP contribution is -2.15. The maximum atomic E-state index is 12.3. The molecule has 10 heteroatoms. The molecule has 0 aliphatic carbocycles. The fraction of sp³-hybridized carbons (Fsp3) is 0.211. The molecule has 3 aromatic rings. The molecule has 3 rings (SSSR count). The number of hydrogen-bond acceptors (Lipinski definition) is 7. The Kier molecular flexibility index (Phi) is 6.84. The van der Waals surface area contributed by atoms with Crippen LogP contribution >= 0.6 is 23.4 Å². The van der Waals surface area contributed by atoms with Crippen LogP contribution in [0.3, 0.4) is 0 Å². The SMILES string of the molecule is CC(C)OC(=O)c1ccc(NC(=O)CSc2nnnn2-c2cccc(Cl)c2)cc1. The van der Waals surface area contributed by atoms with Crippen molar-refractivity contribution in [2.75, 3.05) is 11.1 Å². The Morgan fingerprint density at radius 3 is 2.66 bits per heavy atom. The van der Waals surface area contributed by atoms with Gasteiger partial charge in [-0.15, -0.1) is 5.10 Å². The van der Waals surface area contributed by atoms with Gasteiger partial charge in [0, 0.05) is 10.7 Å². The van der Waals surface area contributed by atoms with Gasteiger partial charge in [-0.05, 0) is 66.7 Å². The summed E-state index contributed by atoms with van der Waals surface area (Å²) in [5.41, 5.74) is 1.70. The topological polar surface area (TPSA) is 99.0 Å². The van der Waals surface area contributed by atoms with Crippen molar-refractivity contribution in [3.05, 3.63) is 59.1 Å². The first kappa shape index (κ1) is 20.8. The van der Waals surface area contributed by atoms with E-state index in [1.165, 1.54) is 16.4 Å². The Morgan fingerprint density at radius 1 is 1.21 bits per heavy atom. The molecule has 0 aliphatic heterocycles. The van der Waals surface area contributed by atoms with Gasteiger partial charge in [-0.2, -0.15) is 4.68 Å². The minimum Gasteiger partial charge on any atom is -0.459 e. The van der Waals surface area contributed by atoms with E-state index in [4.69, 9.17) is 16.3 Å². The number of halogens is 1. The molecule has 29 heavy (non-hydrogen) atoms. The molecule has 150 valence electrons. The second-order valence-electron chi connectivity index (χ2n) is 6.22. The largest absolute Gasteiger partial charge is 0.459 e. The van der Waals surface area contributed by atoms with Gasteiger partial charge in [0.25, 0.3) is 0 Å². The third kappa shape index (κ3) is 5.78. The average Bonchev–Trinajstić information content (AvgIpc) is 3.15. The number of carbonyl (C=O) groups excluding carboxylic acids is 2. The molecular weight excluding hydrogens is 414 g/mol. The summed E-state index contributed by atoms with van der Waals surface area (Å²) in [6, 6.07) is 13.6. The van der Waals surface area contributed by atoms with Crippen LogP contribution in [0, 0.1) is 0 Å². The highest BCUT2D eigenvalue weighted by atomic mass is 35.5. The molecule has 0 unspecified atom stereocenters. The summed E-state index contributed by atoms with van der Waals surface area (Å²) >= 11 is 7.20. The number of ether oxygens (including phenoxy) is 1.